The van der Waals surface area contributed by atoms with E-state index in [0.29, 0.717) is 93.4 Å². The van der Waals surface area contributed by atoms with E-state index in [1.807, 2.05) is 97.1 Å². The summed E-state index contributed by atoms with van der Waals surface area (Å²) in [5.74, 6) is -2.37. The highest BCUT2D eigenvalue weighted by Gasteiger charge is 2.38. The molecule has 8 aromatic rings. The van der Waals surface area contributed by atoms with E-state index in [1.54, 1.807) is 54.0 Å². The maximum atomic E-state index is 12.6. The molecule has 96 heavy (non-hydrogen) atoms. The van der Waals surface area contributed by atoms with Crippen LogP contribution in [0.25, 0.3) is 0 Å². The SMILES string of the molecule is CCOC(=O)c1nnn(Cc2ccc(OC)cc2)c1SC1CCC(c2ccc(Cl)c(Cl)c2)CC1.COc1ccc(Cn2nnc(C(=O)O)c2SC2CCC(c3ccc(Cl)c(Cl)c3)CC2)cc1.O=C(O)C(F)(F)F.O=C(O)c1n[nH]nc1SC1CCC(c2ccc(Cl)c(Cl)c2)CC1. The van der Waals surface area contributed by atoms with Gasteiger partial charge in [-0.1, -0.05) is 134 Å². The number of hydrogen-bond donors (Lipinski definition) is 4. The molecule has 3 aliphatic rings. The summed E-state index contributed by atoms with van der Waals surface area (Å²) in [6.07, 6.45) is 7.10. The number of aromatic carboxylic acids is 2. The average molecular weight is 1500 g/mol. The minimum Gasteiger partial charge on any atom is -0.497 e. The quantitative estimate of drug-likeness (QED) is 0.0548. The maximum Gasteiger partial charge on any atom is 0.490 e. The molecule has 4 N–H and O–H groups in total. The third kappa shape index (κ3) is 21.3. The van der Waals surface area contributed by atoms with E-state index in [0.717, 1.165) is 105 Å². The number of carboxylic acids is 3. The van der Waals surface area contributed by atoms with E-state index in [9.17, 15) is 32.7 Å². The molecule has 3 heterocycles. The molecular weight excluding hydrogens is 1430 g/mol. The van der Waals surface area contributed by atoms with Gasteiger partial charge in [0.15, 0.2) is 5.03 Å². The third-order valence-corrected chi connectivity index (χ3v) is 22.5. The zero-order chi connectivity index (χ0) is 69.2. The number of aromatic amines is 1. The van der Waals surface area contributed by atoms with Crippen LogP contribution in [0.3, 0.4) is 0 Å². The number of carbonyl (C=O) groups is 4. The highest BCUT2D eigenvalue weighted by molar-refractivity contribution is 8.00. The topological polar surface area (TPSA) is 260 Å². The zero-order valence-electron chi connectivity index (χ0n) is 51.8. The van der Waals surface area contributed by atoms with Crippen molar-refractivity contribution in [1.82, 2.24) is 45.4 Å². The number of esters is 1. The van der Waals surface area contributed by atoms with Crippen molar-refractivity contribution in [3.8, 4) is 11.5 Å². The van der Waals surface area contributed by atoms with Gasteiger partial charge in [0.05, 0.1) is 64.1 Å². The normalized spacial score (nSPS) is 18.5. The first-order valence-electron chi connectivity index (χ1n) is 30.2. The van der Waals surface area contributed by atoms with Gasteiger partial charge in [-0.3, -0.25) is 0 Å². The second-order valence-corrected chi connectivity index (χ2v) is 28.7. The number of carboxylic acid groups (broad SMARTS) is 3. The number of hydrogen-bond acceptors (Lipinski definition) is 16. The standard InChI is InChI=1S/C25H27Cl2N3O3S.C23H23Cl2N3O3S.C15H15Cl2N3O2S.C2HF3O2/c1-3-33-25(31)23-24(30(29-28-23)15-16-4-9-19(32-2)10-5-16)34-20-11-6-17(7-12-20)18-8-13-21(26)22(27)14-18;1-31-17-7-2-14(3-8-17)13-28-22(21(23(29)30)26-27-28)32-18-9-4-15(5-10-18)16-6-11-19(24)20(25)12-16;16-11-6-3-9(7-12(11)17)8-1-4-10(5-2-8)23-14-13(15(21)22)18-20-19-14;3-2(4,5)1(6)7/h4-5,8-10,13-14,17,20H,3,6-7,11-12,15H2,1-2H3;2-3,6-8,11-12,15,18H,4-5,9-10,13H2,1H3,(H,29,30);3,6-8,10H,1-2,4-5H2,(H,21,22)(H,18,19,20);(H,6,7). The summed E-state index contributed by atoms with van der Waals surface area (Å²) in [6, 6.07) is 33.0. The van der Waals surface area contributed by atoms with Crippen LogP contribution in [0.1, 0.15) is 161 Å². The zero-order valence-corrected chi connectivity index (χ0v) is 58.8. The number of alkyl halides is 3. The van der Waals surface area contributed by atoms with E-state index >= 15 is 0 Å². The molecule has 0 aliphatic heterocycles. The van der Waals surface area contributed by atoms with Crippen molar-refractivity contribution < 1.29 is 61.9 Å². The predicted molar refractivity (Wildman–Crippen MR) is 366 cm³/mol. The van der Waals surface area contributed by atoms with Gasteiger partial charge in [0, 0.05) is 15.7 Å². The largest absolute Gasteiger partial charge is 0.497 e. The lowest BCUT2D eigenvalue weighted by molar-refractivity contribution is -0.192. The maximum absolute atomic E-state index is 12.6. The fourth-order valence-electron chi connectivity index (χ4n) is 11.1. The summed E-state index contributed by atoms with van der Waals surface area (Å²) in [7, 11) is 3.26. The average Bonchev–Trinajstić information content (AvgIpc) is 1.63. The number of nitrogens with one attached hydrogen (secondary N) is 1. The number of aliphatic carboxylic acids is 1. The highest BCUT2D eigenvalue weighted by atomic mass is 35.5. The van der Waals surface area contributed by atoms with Gasteiger partial charge >= 0.3 is 30.1 Å². The molecule has 0 amide bonds. The van der Waals surface area contributed by atoms with Crippen molar-refractivity contribution >= 4 is 129 Å². The molecular formula is C65H66Cl6F3N9O10S3. The van der Waals surface area contributed by atoms with Crippen molar-refractivity contribution in [2.24, 2.45) is 0 Å². The number of methoxy groups -OCH3 is 2. The molecule has 31 heteroatoms. The Hall–Kier alpha value is -6.42. The molecule has 0 radical (unpaired) electrons. The number of ether oxygens (including phenoxy) is 3. The Kier molecular flexibility index (Phi) is 28.2. The van der Waals surface area contributed by atoms with Crippen LogP contribution in [-0.2, 0) is 22.6 Å². The molecule has 3 saturated carbocycles. The molecule has 3 aromatic heterocycles. The van der Waals surface area contributed by atoms with Crippen LogP contribution in [-0.4, -0.2) is 127 Å². The van der Waals surface area contributed by atoms with E-state index in [4.69, 9.17) is 98.8 Å². The van der Waals surface area contributed by atoms with Crippen LogP contribution >= 0.6 is 105 Å². The Morgan fingerprint density at radius 3 is 1.20 bits per heavy atom. The number of carbonyl (C=O) groups excluding carboxylic acids is 1. The second-order valence-electron chi connectivity index (χ2n) is 22.4. The Labute approximate surface area is 594 Å². The number of thioether (sulfide) groups is 3. The summed E-state index contributed by atoms with van der Waals surface area (Å²) in [4.78, 5) is 44.3. The third-order valence-electron chi connectivity index (χ3n) is 16.1. The van der Waals surface area contributed by atoms with Crippen molar-refractivity contribution in [3.05, 3.63) is 178 Å². The Morgan fingerprint density at radius 2 is 0.865 bits per heavy atom. The first-order valence-corrected chi connectivity index (χ1v) is 35.1. The summed E-state index contributed by atoms with van der Waals surface area (Å²) in [5, 5.41) is 58.7. The first kappa shape index (κ1) is 75.4. The predicted octanol–water partition coefficient (Wildman–Crippen LogP) is 18.1. The van der Waals surface area contributed by atoms with Crippen molar-refractivity contribution in [3.63, 3.8) is 0 Å². The van der Waals surface area contributed by atoms with E-state index in [1.165, 1.54) is 28.5 Å². The Morgan fingerprint density at radius 1 is 0.510 bits per heavy atom. The summed E-state index contributed by atoms with van der Waals surface area (Å²) < 4.78 is 50.9. The van der Waals surface area contributed by atoms with Crippen molar-refractivity contribution in [1.29, 1.82) is 0 Å². The summed E-state index contributed by atoms with van der Waals surface area (Å²) >= 11 is 41.3. The van der Waals surface area contributed by atoms with Gasteiger partial charge in [-0.15, -0.1) is 43.9 Å². The van der Waals surface area contributed by atoms with Gasteiger partial charge in [-0.05, 0) is 190 Å². The second kappa shape index (κ2) is 35.9. The molecule has 0 saturated heterocycles. The summed E-state index contributed by atoms with van der Waals surface area (Å²) in [5.41, 5.74) is 6.00. The molecule has 11 rings (SSSR count). The fourth-order valence-corrected chi connectivity index (χ4v) is 15.7. The van der Waals surface area contributed by atoms with E-state index in [-0.39, 0.29) is 17.1 Å². The number of aromatic nitrogens is 9. The minimum absolute atomic E-state index is 0.00149. The molecule has 512 valence electrons. The van der Waals surface area contributed by atoms with Gasteiger partial charge in [-0.2, -0.15) is 18.4 Å². The van der Waals surface area contributed by atoms with Gasteiger partial charge < -0.3 is 29.5 Å². The number of H-pyrrole nitrogens is 1. The van der Waals surface area contributed by atoms with Crippen LogP contribution in [0.2, 0.25) is 30.1 Å². The highest BCUT2D eigenvalue weighted by Crippen LogP contribution is 2.45. The number of nitrogens with zero attached hydrogens (tertiary/aromatic N) is 8. The van der Waals surface area contributed by atoms with E-state index in [2.05, 4.69) is 42.1 Å². The molecule has 0 unspecified atom stereocenters. The van der Waals surface area contributed by atoms with Gasteiger partial charge in [0.2, 0.25) is 17.1 Å². The molecule has 3 aliphatic carbocycles. The number of halogens is 9. The molecule has 5 aromatic carbocycles. The Balaban J connectivity index is 0.000000178. The lowest BCUT2D eigenvalue weighted by Crippen LogP contribution is -2.21. The monoisotopic (exact) mass is 1500 g/mol. The van der Waals surface area contributed by atoms with Crippen LogP contribution in [0, 0.1) is 0 Å². The minimum atomic E-state index is -5.08. The lowest BCUT2D eigenvalue weighted by atomic mass is 9.84. The summed E-state index contributed by atoms with van der Waals surface area (Å²) in [6.45, 7) is 3.04. The first-order chi connectivity index (χ1) is 45.9. The van der Waals surface area contributed by atoms with Gasteiger partial charge in [0.25, 0.3) is 0 Å². The van der Waals surface area contributed by atoms with Gasteiger partial charge in [-0.25, -0.2) is 28.5 Å². The molecule has 0 atom stereocenters. The van der Waals surface area contributed by atoms with Crippen LogP contribution in [0.4, 0.5) is 13.2 Å². The molecule has 0 bridgehead atoms. The number of benzene rings is 5. The van der Waals surface area contributed by atoms with Crippen LogP contribution < -0.4 is 9.47 Å². The van der Waals surface area contributed by atoms with Gasteiger partial charge in [0.1, 0.15) is 21.6 Å². The van der Waals surface area contributed by atoms with E-state index < -0.39 is 30.1 Å². The molecule has 0 spiro atoms. The van der Waals surface area contributed by atoms with Crippen LogP contribution in [0.15, 0.2) is 118 Å². The van der Waals surface area contributed by atoms with Crippen molar-refractivity contribution in [2.75, 3.05) is 20.8 Å². The lowest BCUT2D eigenvalue weighted by Gasteiger charge is -2.28. The van der Waals surface area contributed by atoms with Crippen LogP contribution in [0.5, 0.6) is 11.5 Å². The smallest absolute Gasteiger partial charge is 0.490 e. The van der Waals surface area contributed by atoms with Crippen molar-refractivity contribution in [2.45, 2.75) is 152 Å². The Bertz CT molecular complexity index is 3920. The molecule has 3 fully saturated rings. The number of rotatable bonds is 19. The molecule has 19 nitrogen and oxygen atoms in total. The fraction of sp³-hybridized carbons (Fsp3) is 0.385.